The minimum atomic E-state index is 0.000640. The third kappa shape index (κ3) is 3.66. The van der Waals surface area contributed by atoms with Crippen LogP contribution >= 0.6 is 0 Å². The van der Waals surface area contributed by atoms with Gasteiger partial charge >= 0.3 is 0 Å². The van der Waals surface area contributed by atoms with Crippen molar-refractivity contribution in [2.45, 2.75) is 30.9 Å². The molecular weight excluding hydrogens is 314 g/mol. The second-order valence-corrected chi connectivity index (χ2v) is 6.89. The summed E-state index contributed by atoms with van der Waals surface area (Å²) in [5, 5.41) is 6.56. The Morgan fingerprint density at radius 3 is 2.72 bits per heavy atom. The van der Waals surface area contributed by atoms with Gasteiger partial charge in [0, 0.05) is 44.1 Å². The van der Waals surface area contributed by atoms with Gasteiger partial charge < -0.3 is 15.4 Å². The van der Waals surface area contributed by atoms with E-state index in [2.05, 4.69) is 27.8 Å². The number of carbonyl (C=O) groups excluding carboxylic acids is 1. The van der Waals surface area contributed by atoms with Crippen molar-refractivity contribution in [3.8, 4) is 5.75 Å². The van der Waals surface area contributed by atoms with Crippen LogP contribution in [0, 0.1) is 5.92 Å². The predicted molar refractivity (Wildman–Crippen MR) is 95.4 cm³/mol. The lowest BCUT2D eigenvalue weighted by Gasteiger charge is -2.36. The maximum absolute atomic E-state index is 12.7. The van der Waals surface area contributed by atoms with Crippen LogP contribution in [0.5, 0.6) is 5.75 Å². The number of nitrogens with zero attached hydrogens (tertiary/aromatic N) is 1. The SMILES string of the molecule is O=C(N[C@H]1C[C@H](Oc2cccnc2)C1)[C@H]1CNC[C@@H]1c1ccccc1. The van der Waals surface area contributed by atoms with Crippen molar-refractivity contribution in [1.29, 1.82) is 0 Å². The van der Waals surface area contributed by atoms with Gasteiger partial charge in [-0.3, -0.25) is 9.78 Å². The van der Waals surface area contributed by atoms with Gasteiger partial charge in [0.2, 0.25) is 5.91 Å². The average Bonchev–Trinajstić information content (AvgIpc) is 3.11. The lowest BCUT2D eigenvalue weighted by molar-refractivity contribution is -0.126. The summed E-state index contributed by atoms with van der Waals surface area (Å²) in [7, 11) is 0. The smallest absolute Gasteiger partial charge is 0.225 e. The maximum atomic E-state index is 12.7. The summed E-state index contributed by atoms with van der Waals surface area (Å²) in [6.07, 6.45) is 5.34. The summed E-state index contributed by atoms with van der Waals surface area (Å²) >= 11 is 0. The zero-order valence-electron chi connectivity index (χ0n) is 14.1. The highest BCUT2D eigenvalue weighted by Gasteiger charge is 2.38. The van der Waals surface area contributed by atoms with Crippen molar-refractivity contribution in [2.75, 3.05) is 13.1 Å². The van der Waals surface area contributed by atoms with Crippen LogP contribution in [-0.4, -0.2) is 36.1 Å². The molecule has 0 bridgehead atoms. The number of hydrogen-bond acceptors (Lipinski definition) is 4. The fourth-order valence-electron chi connectivity index (χ4n) is 3.70. The standard InChI is InChI=1S/C20H23N3O2/c24-20(19-13-22-12-18(19)14-5-2-1-3-6-14)23-15-9-17(10-15)25-16-7-4-8-21-11-16/h1-8,11,15,17-19,22H,9-10,12-13H2,(H,23,24)/t15-,17-,18-,19+/m1/s1. The molecule has 2 fully saturated rings. The average molecular weight is 337 g/mol. The van der Waals surface area contributed by atoms with Gasteiger partial charge in [-0.1, -0.05) is 30.3 Å². The van der Waals surface area contributed by atoms with E-state index < -0.39 is 0 Å². The van der Waals surface area contributed by atoms with E-state index in [9.17, 15) is 4.79 Å². The first kappa shape index (κ1) is 16.1. The van der Waals surface area contributed by atoms with Gasteiger partial charge in [0.15, 0.2) is 0 Å². The summed E-state index contributed by atoms with van der Waals surface area (Å²) < 4.78 is 5.85. The van der Waals surface area contributed by atoms with E-state index in [1.54, 1.807) is 12.4 Å². The molecule has 2 heterocycles. The number of carbonyl (C=O) groups is 1. The third-order valence-electron chi connectivity index (χ3n) is 5.16. The van der Waals surface area contributed by atoms with Crippen molar-refractivity contribution in [2.24, 2.45) is 5.92 Å². The second-order valence-electron chi connectivity index (χ2n) is 6.89. The molecule has 1 aliphatic heterocycles. The van der Waals surface area contributed by atoms with Gasteiger partial charge in [-0.05, 0) is 17.7 Å². The van der Waals surface area contributed by atoms with Crippen LogP contribution in [0.3, 0.4) is 0 Å². The number of amides is 1. The first-order valence-corrected chi connectivity index (χ1v) is 8.92. The number of pyridine rings is 1. The number of benzene rings is 1. The molecule has 1 saturated carbocycles. The quantitative estimate of drug-likeness (QED) is 0.877. The lowest BCUT2D eigenvalue weighted by atomic mass is 9.85. The van der Waals surface area contributed by atoms with E-state index in [-0.39, 0.29) is 29.9 Å². The Bertz CT molecular complexity index is 701. The maximum Gasteiger partial charge on any atom is 0.225 e. The molecule has 2 atom stereocenters. The van der Waals surface area contributed by atoms with Crippen LogP contribution in [0.25, 0.3) is 0 Å². The third-order valence-corrected chi connectivity index (χ3v) is 5.16. The van der Waals surface area contributed by atoms with E-state index in [1.807, 2.05) is 30.3 Å². The van der Waals surface area contributed by atoms with Crippen LogP contribution < -0.4 is 15.4 Å². The Hall–Kier alpha value is -2.40. The molecule has 1 aliphatic carbocycles. The van der Waals surface area contributed by atoms with Crippen LogP contribution in [-0.2, 0) is 4.79 Å². The van der Waals surface area contributed by atoms with Crippen LogP contribution in [0.2, 0.25) is 0 Å². The number of nitrogens with one attached hydrogen (secondary N) is 2. The fraction of sp³-hybridized carbons (Fsp3) is 0.400. The highest BCUT2D eigenvalue weighted by molar-refractivity contribution is 5.81. The number of ether oxygens (including phenoxy) is 1. The van der Waals surface area contributed by atoms with Crippen molar-refractivity contribution >= 4 is 5.91 Å². The molecule has 4 rings (SSSR count). The number of hydrogen-bond donors (Lipinski definition) is 2. The summed E-state index contributed by atoms with van der Waals surface area (Å²) in [4.78, 5) is 16.7. The Morgan fingerprint density at radius 2 is 1.96 bits per heavy atom. The zero-order chi connectivity index (χ0) is 17.1. The molecule has 1 aromatic heterocycles. The van der Waals surface area contributed by atoms with E-state index in [1.165, 1.54) is 5.56 Å². The lowest BCUT2D eigenvalue weighted by Crippen LogP contribution is -2.51. The molecule has 2 aliphatic rings. The number of rotatable bonds is 5. The van der Waals surface area contributed by atoms with Gasteiger partial charge in [0.1, 0.15) is 11.9 Å². The van der Waals surface area contributed by atoms with Gasteiger partial charge in [-0.25, -0.2) is 0 Å². The largest absolute Gasteiger partial charge is 0.489 e. The Kier molecular flexibility index (Phi) is 4.65. The van der Waals surface area contributed by atoms with Gasteiger partial charge in [0.05, 0.1) is 12.1 Å². The second kappa shape index (κ2) is 7.23. The van der Waals surface area contributed by atoms with Crippen molar-refractivity contribution in [1.82, 2.24) is 15.6 Å². The monoisotopic (exact) mass is 337 g/mol. The fourth-order valence-corrected chi connectivity index (χ4v) is 3.70. The van der Waals surface area contributed by atoms with Crippen molar-refractivity contribution < 1.29 is 9.53 Å². The minimum absolute atomic E-state index is 0.000640. The van der Waals surface area contributed by atoms with Gasteiger partial charge in [-0.2, -0.15) is 0 Å². The van der Waals surface area contributed by atoms with Gasteiger partial charge in [-0.15, -0.1) is 0 Å². The van der Waals surface area contributed by atoms with Crippen molar-refractivity contribution in [3.05, 3.63) is 60.4 Å². The van der Waals surface area contributed by atoms with Gasteiger partial charge in [0.25, 0.3) is 0 Å². The Morgan fingerprint density at radius 1 is 1.12 bits per heavy atom. The highest BCUT2D eigenvalue weighted by Crippen LogP contribution is 2.30. The molecule has 1 amide bonds. The van der Waals surface area contributed by atoms with E-state index in [0.717, 1.165) is 31.7 Å². The first-order valence-electron chi connectivity index (χ1n) is 8.92. The molecule has 5 heteroatoms. The van der Waals surface area contributed by atoms with E-state index in [4.69, 9.17) is 4.74 Å². The molecule has 0 radical (unpaired) electrons. The molecular formula is C20H23N3O2. The predicted octanol–water partition coefficient (Wildman–Crippen LogP) is 2.11. The summed E-state index contributed by atoms with van der Waals surface area (Å²) in [5.74, 6) is 1.20. The van der Waals surface area contributed by atoms with Crippen LogP contribution in [0.1, 0.15) is 24.3 Å². The van der Waals surface area contributed by atoms with Crippen molar-refractivity contribution in [3.63, 3.8) is 0 Å². The Labute approximate surface area is 147 Å². The molecule has 0 unspecified atom stereocenters. The normalized spacial score (nSPS) is 28.2. The highest BCUT2D eigenvalue weighted by atomic mass is 16.5. The molecule has 25 heavy (non-hydrogen) atoms. The van der Waals surface area contributed by atoms with E-state index in [0.29, 0.717) is 0 Å². The minimum Gasteiger partial charge on any atom is -0.489 e. The zero-order valence-corrected chi connectivity index (χ0v) is 14.1. The van der Waals surface area contributed by atoms with Crippen LogP contribution in [0.15, 0.2) is 54.9 Å². The molecule has 1 saturated heterocycles. The Balaban J connectivity index is 1.28. The number of aromatic nitrogens is 1. The topological polar surface area (TPSA) is 63.2 Å². The molecule has 130 valence electrons. The molecule has 1 aromatic carbocycles. The molecule has 2 N–H and O–H groups in total. The first-order chi connectivity index (χ1) is 12.3. The summed E-state index contributed by atoms with van der Waals surface area (Å²) in [5.41, 5.74) is 1.24. The van der Waals surface area contributed by atoms with Crippen LogP contribution in [0.4, 0.5) is 0 Å². The van der Waals surface area contributed by atoms with E-state index >= 15 is 0 Å². The molecule has 0 spiro atoms. The molecule has 5 nitrogen and oxygen atoms in total. The summed E-state index contributed by atoms with van der Waals surface area (Å²) in [6.45, 7) is 1.60. The molecule has 2 aromatic rings. The summed E-state index contributed by atoms with van der Waals surface area (Å²) in [6, 6.07) is 14.3.